The zero-order valence-electron chi connectivity index (χ0n) is 20.1. The van der Waals surface area contributed by atoms with Crippen molar-refractivity contribution >= 4 is 0 Å². The Labute approximate surface area is 195 Å². The predicted molar refractivity (Wildman–Crippen MR) is 133 cm³/mol. The minimum Gasteiger partial charge on any atom is -0.486 e. The molecule has 4 unspecified atom stereocenters. The Morgan fingerprint density at radius 3 is 2.34 bits per heavy atom. The van der Waals surface area contributed by atoms with Gasteiger partial charge in [-0.25, -0.2) is 4.39 Å². The number of fused-ring (bicyclic) bond motifs is 1. The third kappa shape index (κ3) is 5.86. The second kappa shape index (κ2) is 11.5. The zero-order chi connectivity index (χ0) is 22.3. The van der Waals surface area contributed by atoms with Crippen LogP contribution in [0.5, 0.6) is 5.75 Å². The fourth-order valence-corrected chi connectivity index (χ4v) is 7.17. The Hall–Kier alpha value is -1.57. The van der Waals surface area contributed by atoms with Crippen molar-refractivity contribution in [3.63, 3.8) is 0 Å². The lowest BCUT2D eigenvalue weighted by atomic mass is 9.60. The number of benzene rings is 1. The van der Waals surface area contributed by atoms with E-state index in [4.69, 9.17) is 4.74 Å². The van der Waals surface area contributed by atoms with Gasteiger partial charge in [0.2, 0.25) is 0 Å². The van der Waals surface area contributed by atoms with E-state index >= 15 is 0 Å². The van der Waals surface area contributed by atoms with Gasteiger partial charge in [-0.3, -0.25) is 0 Å². The van der Waals surface area contributed by atoms with Crippen LogP contribution >= 0.6 is 0 Å². The number of halogens is 1. The lowest BCUT2D eigenvalue weighted by molar-refractivity contribution is 0.0621. The van der Waals surface area contributed by atoms with Crippen LogP contribution in [0.1, 0.15) is 95.5 Å². The van der Waals surface area contributed by atoms with Gasteiger partial charge in [0.1, 0.15) is 6.61 Å². The quantitative estimate of drug-likeness (QED) is 0.368. The molecule has 0 aromatic heterocycles. The summed E-state index contributed by atoms with van der Waals surface area (Å²) < 4.78 is 19.8. The van der Waals surface area contributed by atoms with Crippen molar-refractivity contribution in [1.82, 2.24) is 0 Å². The molecule has 0 bridgehead atoms. The fraction of sp³-hybridized carbons (Fsp3) is 0.667. The molecule has 176 valence electrons. The van der Waals surface area contributed by atoms with Crippen LogP contribution in [0.3, 0.4) is 0 Å². The van der Waals surface area contributed by atoms with Gasteiger partial charge in [0.05, 0.1) is 0 Å². The van der Waals surface area contributed by atoms with Crippen LogP contribution in [0.2, 0.25) is 0 Å². The summed E-state index contributed by atoms with van der Waals surface area (Å²) in [6.07, 6.45) is 22.9. The molecule has 3 aliphatic rings. The minimum atomic E-state index is -0.230. The molecular formula is C30H43FO. The summed E-state index contributed by atoms with van der Waals surface area (Å²) >= 11 is 0. The third-order valence-electron chi connectivity index (χ3n) is 8.96. The van der Waals surface area contributed by atoms with Crippen molar-refractivity contribution in [1.29, 1.82) is 0 Å². The summed E-state index contributed by atoms with van der Waals surface area (Å²) in [4.78, 5) is 0. The van der Waals surface area contributed by atoms with E-state index in [2.05, 4.69) is 31.7 Å². The van der Waals surface area contributed by atoms with Crippen molar-refractivity contribution in [3.8, 4) is 5.75 Å². The molecule has 1 aromatic rings. The van der Waals surface area contributed by atoms with Crippen LogP contribution in [0.4, 0.5) is 4.39 Å². The van der Waals surface area contributed by atoms with E-state index < -0.39 is 0 Å². The molecule has 3 saturated carbocycles. The van der Waals surface area contributed by atoms with Crippen LogP contribution in [0, 0.1) is 35.4 Å². The molecule has 32 heavy (non-hydrogen) atoms. The van der Waals surface area contributed by atoms with Crippen LogP contribution in [-0.2, 0) is 0 Å². The van der Waals surface area contributed by atoms with Crippen molar-refractivity contribution in [3.05, 3.63) is 54.4 Å². The Balaban J connectivity index is 1.24. The van der Waals surface area contributed by atoms with Gasteiger partial charge < -0.3 is 4.74 Å². The molecule has 0 amide bonds. The maximum Gasteiger partial charge on any atom is 0.165 e. The second-order valence-electron chi connectivity index (χ2n) is 10.8. The van der Waals surface area contributed by atoms with Gasteiger partial charge in [-0.15, -0.1) is 0 Å². The normalized spacial score (nSPS) is 33.1. The molecule has 0 radical (unpaired) electrons. The molecule has 0 saturated heterocycles. The first-order chi connectivity index (χ1) is 15.7. The van der Waals surface area contributed by atoms with Gasteiger partial charge in [-0.1, -0.05) is 37.3 Å². The van der Waals surface area contributed by atoms with E-state index in [0.29, 0.717) is 18.3 Å². The standard InChI is InChI=1S/C30H43FO/c1-3-5-6-7-22-8-9-27-20-26(15-14-25(27)19-22)23-10-12-24(13-11-23)28-16-17-30(29(31)21-28)32-18-4-2/h3-5,16-17,21-27H,2,6-15,18-20H2,1H3/b5-3+. The fourth-order valence-electron chi connectivity index (χ4n) is 7.17. The van der Waals surface area contributed by atoms with Gasteiger partial charge >= 0.3 is 0 Å². The van der Waals surface area contributed by atoms with E-state index in [1.807, 2.05) is 0 Å². The Bertz CT molecular complexity index is 760. The highest BCUT2D eigenvalue weighted by Gasteiger charge is 2.38. The molecule has 0 heterocycles. The smallest absolute Gasteiger partial charge is 0.165 e. The molecule has 2 heteroatoms. The van der Waals surface area contributed by atoms with Gasteiger partial charge in [0.15, 0.2) is 11.6 Å². The second-order valence-corrected chi connectivity index (χ2v) is 10.8. The van der Waals surface area contributed by atoms with Crippen LogP contribution in [-0.4, -0.2) is 6.61 Å². The highest BCUT2D eigenvalue weighted by Crippen LogP contribution is 2.50. The number of hydrogen-bond donors (Lipinski definition) is 0. The monoisotopic (exact) mass is 438 g/mol. The van der Waals surface area contributed by atoms with E-state index in [1.165, 1.54) is 77.0 Å². The molecular weight excluding hydrogens is 395 g/mol. The summed E-state index contributed by atoms with van der Waals surface area (Å²) in [6.45, 7) is 6.12. The van der Waals surface area contributed by atoms with Gasteiger partial charge in [-0.05, 0) is 131 Å². The zero-order valence-corrected chi connectivity index (χ0v) is 20.1. The molecule has 3 fully saturated rings. The number of hydrogen-bond acceptors (Lipinski definition) is 1. The van der Waals surface area contributed by atoms with Crippen molar-refractivity contribution in [2.45, 2.75) is 89.9 Å². The molecule has 0 N–H and O–H groups in total. The van der Waals surface area contributed by atoms with Crippen molar-refractivity contribution < 1.29 is 9.13 Å². The van der Waals surface area contributed by atoms with Gasteiger partial charge in [0.25, 0.3) is 0 Å². The largest absolute Gasteiger partial charge is 0.486 e. The average molecular weight is 439 g/mol. The van der Waals surface area contributed by atoms with Crippen LogP contribution in [0.25, 0.3) is 0 Å². The molecule has 4 atom stereocenters. The van der Waals surface area contributed by atoms with E-state index in [0.717, 1.165) is 35.2 Å². The Morgan fingerprint density at radius 1 is 0.938 bits per heavy atom. The first kappa shape index (κ1) is 23.6. The predicted octanol–water partition coefficient (Wildman–Crippen LogP) is 8.85. The van der Waals surface area contributed by atoms with E-state index in [1.54, 1.807) is 18.2 Å². The first-order valence-electron chi connectivity index (χ1n) is 13.3. The molecule has 0 aliphatic heterocycles. The highest BCUT2D eigenvalue weighted by atomic mass is 19.1. The number of rotatable bonds is 8. The Kier molecular flexibility index (Phi) is 8.49. The molecule has 0 spiro atoms. The van der Waals surface area contributed by atoms with Gasteiger partial charge in [0, 0.05) is 0 Å². The molecule has 1 aromatic carbocycles. The summed E-state index contributed by atoms with van der Waals surface area (Å²) in [5, 5.41) is 0. The first-order valence-corrected chi connectivity index (χ1v) is 13.3. The van der Waals surface area contributed by atoms with Crippen LogP contribution < -0.4 is 4.74 Å². The SMILES string of the molecule is C=CCOc1ccc(C2CCC(C3CCC4CC(CC/C=C/C)CCC4C3)CC2)cc1F. The molecule has 3 aliphatic carbocycles. The summed E-state index contributed by atoms with van der Waals surface area (Å²) in [6, 6.07) is 5.59. The van der Waals surface area contributed by atoms with E-state index in [9.17, 15) is 4.39 Å². The van der Waals surface area contributed by atoms with Crippen LogP contribution in [0.15, 0.2) is 43.0 Å². The number of allylic oxidation sites excluding steroid dienone is 2. The van der Waals surface area contributed by atoms with Crippen molar-refractivity contribution in [2.75, 3.05) is 6.61 Å². The van der Waals surface area contributed by atoms with E-state index in [-0.39, 0.29) is 5.82 Å². The molecule has 1 nitrogen and oxygen atoms in total. The summed E-state index contributed by atoms with van der Waals surface area (Å²) in [7, 11) is 0. The summed E-state index contributed by atoms with van der Waals surface area (Å²) in [5.74, 6) is 5.47. The highest BCUT2D eigenvalue weighted by molar-refractivity contribution is 5.31. The lowest BCUT2D eigenvalue weighted by Gasteiger charge is -2.45. The number of ether oxygens (including phenoxy) is 1. The minimum absolute atomic E-state index is 0.230. The topological polar surface area (TPSA) is 9.23 Å². The van der Waals surface area contributed by atoms with Crippen molar-refractivity contribution in [2.24, 2.45) is 29.6 Å². The maximum absolute atomic E-state index is 14.4. The summed E-state index contributed by atoms with van der Waals surface area (Å²) in [5.41, 5.74) is 1.16. The average Bonchev–Trinajstić information content (AvgIpc) is 2.83. The van der Waals surface area contributed by atoms with Gasteiger partial charge in [-0.2, -0.15) is 0 Å². The third-order valence-corrected chi connectivity index (χ3v) is 8.96. The lowest BCUT2D eigenvalue weighted by Crippen LogP contribution is -2.34. The maximum atomic E-state index is 14.4. The Morgan fingerprint density at radius 2 is 1.62 bits per heavy atom. The molecule has 4 rings (SSSR count).